The number of fused-ring (bicyclic) bond motifs is 1. The summed E-state index contributed by atoms with van der Waals surface area (Å²) < 4.78 is 6.26. The minimum atomic E-state index is -0.100. The van der Waals surface area contributed by atoms with Crippen LogP contribution < -0.4 is 10.1 Å². The van der Waals surface area contributed by atoms with Gasteiger partial charge in [-0.25, -0.2) is 4.98 Å². The number of thiazole rings is 1. The molecule has 2 aromatic carbocycles. The van der Waals surface area contributed by atoms with E-state index in [-0.39, 0.29) is 11.9 Å². The molecule has 134 valence electrons. The highest BCUT2D eigenvalue weighted by Gasteiger charge is 2.31. The smallest absolute Gasteiger partial charge is 0.243 e. The molecular weight excluding hydrogens is 346 g/mol. The Hall–Kier alpha value is -2.44. The van der Waals surface area contributed by atoms with Gasteiger partial charge in [-0.15, -0.1) is 0 Å². The first kappa shape index (κ1) is 17.0. The molecule has 3 aromatic rings. The van der Waals surface area contributed by atoms with Crippen molar-refractivity contribution in [1.82, 2.24) is 9.88 Å². The van der Waals surface area contributed by atoms with Gasteiger partial charge in [-0.3, -0.25) is 9.69 Å². The molecule has 1 fully saturated rings. The average Bonchev–Trinajstić information content (AvgIpc) is 3.28. The lowest BCUT2D eigenvalue weighted by molar-refractivity contribution is -0.120. The number of carbonyl (C=O) groups is 1. The average molecular weight is 367 g/mol. The molecule has 1 amide bonds. The fraction of sp³-hybridized carbons (Fsp3) is 0.300. The highest BCUT2D eigenvalue weighted by atomic mass is 32.1. The predicted octanol–water partition coefficient (Wildman–Crippen LogP) is 3.91. The molecule has 1 saturated heterocycles. The highest BCUT2D eigenvalue weighted by molar-refractivity contribution is 7.22. The summed E-state index contributed by atoms with van der Waals surface area (Å²) in [6.07, 6.45) is 1.93. The lowest BCUT2D eigenvalue weighted by Crippen LogP contribution is -2.39. The van der Waals surface area contributed by atoms with E-state index in [0.717, 1.165) is 41.9 Å². The van der Waals surface area contributed by atoms with E-state index < -0.39 is 0 Å². The van der Waals surface area contributed by atoms with Crippen molar-refractivity contribution in [3.05, 3.63) is 54.1 Å². The van der Waals surface area contributed by atoms with Crippen molar-refractivity contribution in [2.75, 3.05) is 19.0 Å². The molecule has 0 saturated carbocycles. The summed E-state index contributed by atoms with van der Waals surface area (Å²) in [6, 6.07) is 15.9. The molecular formula is C20H21N3O2S. The van der Waals surface area contributed by atoms with E-state index in [1.54, 1.807) is 7.11 Å². The van der Waals surface area contributed by atoms with Gasteiger partial charge in [0.05, 0.1) is 23.4 Å². The number of carbonyl (C=O) groups excluding carboxylic acids is 1. The Morgan fingerprint density at radius 1 is 1.31 bits per heavy atom. The molecule has 1 N–H and O–H groups in total. The van der Waals surface area contributed by atoms with E-state index in [2.05, 4.69) is 27.3 Å². The minimum absolute atomic E-state index is 0.0319. The molecule has 1 aliphatic heterocycles. The molecule has 4 rings (SSSR count). The number of nitrogens with one attached hydrogen (secondary N) is 1. The van der Waals surface area contributed by atoms with Crippen molar-refractivity contribution < 1.29 is 9.53 Å². The molecule has 5 nitrogen and oxygen atoms in total. The first-order chi connectivity index (χ1) is 12.7. The zero-order valence-corrected chi connectivity index (χ0v) is 15.5. The number of benzene rings is 2. The van der Waals surface area contributed by atoms with Crippen LogP contribution in [0.2, 0.25) is 0 Å². The predicted molar refractivity (Wildman–Crippen MR) is 105 cm³/mol. The third-order valence-electron chi connectivity index (χ3n) is 4.72. The maximum Gasteiger partial charge on any atom is 0.243 e. The Balaban J connectivity index is 1.46. The number of rotatable bonds is 5. The van der Waals surface area contributed by atoms with Gasteiger partial charge in [0, 0.05) is 6.54 Å². The van der Waals surface area contributed by atoms with Crippen LogP contribution in [0.25, 0.3) is 10.2 Å². The second-order valence-electron chi connectivity index (χ2n) is 6.46. The van der Waals surface area contributed by atoms with Crippen molar-refractivity contribution in [2.24, 2.45) is 0 Å². The fourth-order valence-corrected chi connectivity index (χ4v) is 4.30. The summed E-state index contributed by atoms with van der Waals surface area (Å²) in [5.74, 6) is 0.827. The molecule has 1 atom stereocenters. The molecule has 6 heteroatoms. The second kappa shape index (κ2) is 7.43. The summed E-state index contributed by atoms with van der Waals surface area (Å²) in [5.41, 5.74) is 2.11. The highest BCUT2D eigenvalue weighted by Crippen LogP contribution is 2.30. The van der Waals surface area contributed by atoms with Gasteiger partial charge in [0.2, 0.25) is 5.91 Å². The van der Waals surface area contributed by atoms with Gasteiger partial charge in [-0.2, -0.15) is 0 Å². The van der Waals surface area contributed by atoms with Crippen LogP contribution in [0.5, 0.6) is 5.75 Å². The fourth-order valence-electron chi connectivity index (χ4n) is 3.40. The van der Waals surface area contributed by atoms with Crippen molar-refractivity contribution in [3.8, 4) is 5.75 Å². The lowest BCUT2D eigenvalue weighted by Gasteiger charge is -2.23. The Labute approximate surface area is 156 Å². The molecule has 0 radical (unpaired) electrons. The van der Waals surface area contributed by atoms with Crippen LogP contribution in [-0.2, 0) is 11.3 Å². The van der Waals surface area contributed by atoms with Crippen LogP contribution in [0.1, 0.15) is 18.4 Å². The Kier molecular flexibility index (Phi) is 4.86. The maximum absolute atomic E-state index is 12.8. The van der Waals surface area contributed by atoms with Gasteiger partial charge in [0.25, 0.3) is 0 Å². The number of hydrogen-bond donors (Lipinski definition) is 1. The monoisotopic (exact) mass is 367 g/mol. The van der Waals surface area contributed by atoms with Gasteiger partial charge < -0.3 is 10.1 Å². The second-order valence-corrected chi connectivity index (χ2v) is 7.49. The summed E-state index contributed by atoms with van der Waals surface area (Å²) in [6.45, 7) is 1.75. The quantitative estimate of drug-likeness (QED) is 0.743. The third kappa shape index (κ3) is 3.57. The summed E-state index contributed by atoms with van der Waals surface area (Å²) >= 11 is 1.48. The molecule has 2 heterocycles. The Bertz CT molecular complexity index is 910. The van der Waals surface area contributed by atoms with Crippen molar-refractivity contribution in [2.45, 2.75) is 25.4 Å². The van der Waals surface area contributed by atoms with Gasteiger partial charge in [0.1, 0.15) is 5.75 Å². The number of likely N-dealkylation sites (tertiary alicyclic amines) is 1. The van der Waals surface area contributed by atoms with Crippen molar-refractivity contribution in [3.63, 3.8) is 0 Å². The molecule has 1 aliphatic rings. The van der Waals surface area contributed by atoms with E-state index >= 15 is 0 Å². The molecule has 1 unspecified atom stereocenters. The molecule has 0 spiro atoms. The van der Waals surface area contributed by atoms with Crippen LogP contribution in [0, 0.1) is 0 Å². The van der Waals surface area contributed by atoms with Crippen molar-refractivity contribution in [1.29, 1.82) is 0 Å². The largest absolute Gasteiger partial charge is 0.497 e. The topological polar surface area (TPSA) is 54.5 Å². The van der Waals surface area contributed by atoms with Gasteiger partial charge >= 0.3 is 0 Å². The van der Waals surface area contributed by atoms with Crippen LogP contribution in [0.3, 0.4) is 0 Å². The van der Waals surface area contributed by atoms with E-state index in [0.29, 0.717) is 5.13 Å². The number of nitrogens with zero attached hydrogens (tertiary/aromatic N) is 2. The molecule has 0 aliphatic carbocycles. The van der Waals surface area contributed by atoms with E-state index in [4.69, 9.17) is 4.74 Å². The van der Waals surface area contributed by atoms with Crippen LogP contribution in [0.4, 0.5) is 5.13 Å². The van der Waals surface area contributed by atoms with Crippen LogP contribution in [0.15, 0.2) is 48.5 Å². The number of amides is 1. The maximum atomic E-state index is 12.8. The zero-order valence-electron chi connectivity index (χ0n) is 14.6. The van der Waals surface area contributed by atoms with Crippen LogP contribution >= 0.6 is 11.3 Å². The number of ether oxygens (including phenoxy) is 1. The van der Waals surface area contributed by atoms with Crippen LogP contribution in [-0.4, -0.2) is 35.5 Å². The normalized spacial score (nSPS) is 17.5. The summed E-state index contributed by atoms with van der Waals surface area (Å²) in [5, 5.41) is 3.66. The summed E-state index contributed by atoms with van der Waals surface area (Å²) in [7, 11) is 1.65. The Morgan fingerprint density at radius 2 is 2.15 bits per heavy atom. The minimum Gasteiger partial charge on any atom is -0.497 e. The van der Waals surface area contributed by atoms with Gasteiger partial charge in [0.15, 0.2) is 5.13 Å². The van der Waals surface area contributed by atoms with Crippen molar-refractivity contribution >= 4 is 32.6 Å². The third-order valence-corrected chi connectivity index (χ3v) is 5.65. The molecule has 26 heavy (non-hydrogen) atoms. The zero-order chi connectivity index (χ0) is 17.9. The van der Waals surface area contributed by atoms with E-state index in [1.807, 2.05) is 36.4 Å². The first-order valence-electron chi connectivity index (χ1n) is 8.76. The number of hydrogen-bond acceptors (Lipinski definition) is 5. The number of methoxy groups -OCH3 is 1. The number of aromatic nitrogens is 1. The van der Waals surface area contributed by atoms with Gasteiger partial charge in [-0.1, -0.05) is 41.7 Å². The molecule has 0 bridgehead atoms. The molecule has 1 aromatic heterocycles. The van der Waals surface area contributed by atoms with E-state index in [1.165, 1.54) is 16.9 Å². The first-order valence-corrected chi connectivity index (χ1v) is 9.58. The standard InChI is InChI=1S/C20H21N3O2S/c1-25-15-9-10-16-18(12-15)26-20(21-16)22-19(24)17-8-5-11-23(17)13-14-6-3-2-4-7-14/h2-4,6-7,9-10,12,17H,5,8,11,13H2,1H3,(H,21,22,24). The van der Waals surface area contributed by atoms with Gasteiger partial charge in [-0.05, 0) is 43.1 Å². The number of anilines is 1. The SMILES string of the molecule is COc1ccc2nc(NC(=O)C3CCCN3Cc3ccccc3)sc2c1. The summed E-state index contributed by atoms with van der Waals surface area (Å²) in [4.78, 5) is 19.6. The van der Waals surface area contributed by atoms with E-state index in [9.17, 15) is 4.79 Å². The lowest BCUT2D eigenvalue weighted by atomic mass is 10.1. The Morgan fingerprint density at radius 3 is 2.96 bits per heavy atom.